The third-order valence-electron chi connectivity index (χ3n) is 2.42. The summed E-state index contributed by atoms with van der Waals surface area (Å²) in [5, 5.41) is 10.1. The first-order valence-corrected chi connectivity index (χ1v) is 4.18. The first-order valence-electron chi connectivity index (χ1n) is 4.18. The highest BCUT2D eigenvalue weighted by Crippen LogP contribution is 2.26. The average Bonchev–Trinajstić information content (AvgIpc) is 2.41. The van der Waals surface area contributed by atoms with Crippen LogP contribution in [0.25, 0.3) is 10.9 Å². The number of hydrogen-bond donors (Lipinski definition) is 2. The van der Waals surface area contributed by atoms with Crippen LogP contribution < -0.4 is 5.73 Å². The molecule has 0 aliphatic carbocycles. The van der Waals surface area contributed by atoms with Gasteiger partial charge in [-0.3, -0.25) is 0 Å². The lowest BCUT2D eigenvalue weighted by Gasteiger charge is -1.99. The molecule has 0 aliphatic heterocycles. The second kappa shape index (κ2) is 2.78. The summed E-state index contributed by atoms with van der Waals surface area (Å²) in [5.74, 6) is 0. The third kappa shape index (κ3) is 1.01. The van der Waals surface area contributed by atoms with Gasteiger partial charge in [-0.05, 0) is 6.07 Å². The van der Waals surface area contributed by atoms with E-state index in [2.05, 4.69) is 0 Å². The van der Waals surface area contributed by atoms with E-state index in [9.17, 15) is 0 Å². The van der Waals surface area contributed by atoms with Gasteiger partial charge in [0.1, 0.15) is 0 Å². The van der Waals surface area contributed by atoms with E-state index < -0.39 is 0 Å². The highest BCUT2D eigenvalue weighted by atomic mass is 16.3. The number of aryl methyl sites for hydroxylation is 1. The van der Waals surface area contributed by atoms with E-state index in [1.165, 1.54) is 0 Å². The standard InChI is InChI=1S/C10H12N2O/c1-12-8-5-3-2-4-7(8)10(11)9(12)6-13/h2-5,13H,6,11H2,1H3. The summed E-state index contributed by atoms with van der Waals surface area (Å²) in [7, 11) is 1.91. The molecule has 3 nitrogen and oxygen atoms in total. The summed E-state index contributed by atoms with van der Waals surface area (Å²) in [6.07, 6.45) is 0. The van der Waals surface area contributed by atoms with Gasteiger partial charge in [-0.15, -0.1) is 0 Å². The number of fused-ring (bicyclic) bond motifs is 1. The maximum absolute atomic E-state index is 9.10. The lowest BCUT2D eigenvalue weighted by Crippen LogP contribution is -1.98. The number of nitrogen functional groups attached to an aromatic ring is 1. The van der Waals surface area contributed by atoms with Crippen LogP contribution in [-0.4, -0.2) is 9.67 Å². The fourth-order valence-electron chi connectivity index (χ4n) is 1.67. The number of aromatic nitrogens is 1. The number of aliphatic hydroxyl groups excluding tert-OH is 1. The van der Waals surface area contributed by atoms with E-state index >= 15 is 0 Å². The van der Waals surface area contributed by atoms with Gasteiger partial charge in [0.25, 0.3) is 0 Å². The van der Waals surface area contributed by atoms with Gasteiger partial charge in [0.2, 0.25) is 0 Å². The predicted molar refractivity (Wildman–Crippen MR) is 53.3 cm³/mol. The predicted octanol–water partition coefficient (Wildman–Crippen LogP) is 1.25. The Morgan fingerprint density at radius 1 is 1.38 bits per heavy atom. The van der Waals surface area contributed by atoms with E-state index in [0.717, 1.165) is 16.6 Å². The first kappa shape index (κ1) is 8.13. The van der Waals surface area contributed by atoms with Crippen LogP contribution in [0, 0.1) is 0 Å². The molecule has 13 heavy (non-hydrogen) atoms. The summed E-state index contributed by atoms with van der Waals surface area (Å²) < 4.78 is 1.92. The van der Waals surface area contributed by atoms with Crippen LogP contribution in [-0.2, 0) is 13.7 Å². The van der Waals surface area contributed by atoms with Crippen molar-refractivity contribution in [2.24, 2.45) is 7.05 Å². The minimum Gasteiger partial charge on any atom is -0.397 e. The van der Waals surface area contributed by atoms with Gasteiger partial charge >= 0.3 is 0 Å². The monoisotopic (exact) mass is 176 g/mol. The van der Waals surface area contributed by atoms with Gasteiger partial charge in [-0.25, -0.2) is 0 Å². The zero-order valence-corrected chi connectivity index (χ0v) is 7.49. The summed E-state index contributed by atoms with van der Waals surface area (Å²) in [6.45, 7) is -0.0169. The third-order valence-corrected chi connectivity index (χ3v) is 2.42. The number of benzene rings is 1. The summed E-state index contributed by atoms with van der Waals surface area (Å²) in [4.78, 5) is 0. The molecule has 0 atom stereocenters. The Kier molecular flexibility index (Phi) is 1.74. The molecule has 1 heterocycles. The molecule has 68 valence electrons. The van der Waals surface area contributed by atoms with E-state index in [4.69, 9.17) is 10.8 Å². The summed E-state index contributed by atoms with van der Waals surface area (Å²) >= 11 is 0. The van der Waals surface area contributed by atoms with Crippen molar-refractivity contribution in [1.82, 2.24) is 4.57 Å². The zero-order chi connectivity index (χ0) is 9.42. The van der Waals surface area contributed by atoms with Crippen LogP contribution in [0.1, 0.15) is 5.69 Å². The maximum Gasteiger partial charge on any atom is 0.0854 e. The van der Waals surface area contributed by atoms with Crippen molar-refractivity contribution in [3.05, 3.63) is 30.0 Å². The first-order chi connectivity index (χ1) is 6.25. The molecule has 1 aromatic heterocycles. The lowest BCUT2D eigenvalue weighted by atomic mass is 10.2. The largest absolute Gasteiger partial charge is 0.397 e. The quantitative estimate of drug-likeness (QED) is 0.687. The van der Waals surface area contributed by atoms with Crippen LogP contribution in [0.15, 0.2) is 24.3 Å². The van der Waals surface area contributed by atoms with Crippen molar-refractivity contribution >= 4 is 16.6 Å². The van der Waals surface area contributed by atoms with Crippen LogP contribution in [0.3, 0.4) is 0 Å². The number of nitrogens with zero attached hydrogens (tertiary/aromatic N) is 1. The number of aliphatic hydroxyl groups is 1. The number of hydrogen-bond acceptors (Lipinski definition) is 2. The second-order valence-corrected chi connectivity index (χ2v) is 3.09. The van der Waals surface area contributed by atoms with Gasteiger partial charge in [0, 0.05) is 12.4 Å². The van der Waals surface area contributed by atoms with Crippen LogP contribution in [0.2, 0.25) is 0 Å². The molecular weight excluding hydrogens is 164 g/mol. The molecule has 0 radical (unpaired) electrons. The van der Waals surface area contributed by atoms with Crippen molar-refractivity contribution in [1.29, 1.82) is 0 Å². The molecular formula is C10H12N2O. The van der Waals surface area contributed by atoms with Crippen molar-refractivity contribution in [3.8, 4) is 0 Å². The van der Waals surface area contributed by atoms with Crippen molar-refractivity contribution in [3.63, 3.8) is 0 Å². The smallest absolute Gasteiger partial charge is 0.0854 e. The van der Waals surface area contributed by atoms with Gasteiger partial charge in [-0.1, -0.05) is 18.2 Å². The normalized spacial score (nSPS) is 10.9. The van der Waals surface area contributed by atoms with E-state index in [1.807, 2.05) is 35.9 Å². The van der Waals surface area contributed by atoms with E-state index in [1.54, 1.807) is 0 Å². The molecule has 3 heteroatoms. The topological polar surface area (TPSA) is 51.2 Å². The molecule has 0 unspecified atom stereocenters. The Bertz CT molecular complexity index is 406. The number of para-hydroxylation sites is 1. The Morgan fingerprint density at radius 2 is 2.08 bits per heavy atom. The number of nitrogens with two attached hydrogens (primary N) is 1. The molecule has 0 fully saturated rings. The molecule has 0 saturated carbocycles. The molecule has 2 aromatic rings. The fourth-order valence-corrected chi connectivity index (χ4v) is 1.67. The van der Waals surface area contributed by atoms with Crippen molar-refractivity contribution < 1.29 is 5.11 Å². The number of rotatable bonds is 1. The van der Waals surface area contributed by atoms with E-state index in [0.29, 0.717) is 5.69 Å². The minimum atomic E-state index is -0.0169. The Balaban J connectivity index is 2.88. The summed E-state index contributed by atoms with van der Waals surface area (Å²) in [6, 6.07) is 7.86. The highest BCUT2D eigenvalue weighted by molar-refractivity contribution is 5.93. The average molecular weight is 176 g/mol. The molecule has 0 bridgehead atoms. The molecule has 0 aliphatic rings. The molecule has 0 amide bonds. The SMILES string of the molecule is Cn1c(CO)c(N)c2ccccc21. The molecule has 2 rings (SSSR count). The summed E-state index contributed by atoms with van der Waals surface area (Å²) in [5.41, 5.74) is 8.39. The van der Waals surface area contributed by atoms with Gasteiger partial charge in [0.15, 0.2) is 0 Å². The zero-order valence-electron chi connectivity index (χ0n) is 7.49. The van der Waals surface area contributed by atoms with Gasteiger partial charge in [-0.2, -0.15) is 0 Å². The Morgan fingerprint density at radius 3 is 2.69 bits per heavy atom. The van der Waals surface area contributed by atoms with E-state index in [-0.39, 0.29) is 6.61 Å². The molecule has 3 N–H and O–H groups in total. The molecule has 1 aromatic carbocycles. The highest BCUT2D eigenvalue weighted by Gasteiger charge is 2.09. The van der Waals surface area contributed by atoms with Crippen molar-refractivity contribution in [2.45, 2.75) is 6.61 Å². The van der Waals surface area contributed by atoms with Crippen LogP contribution in [0.5, 0.6) is 0 Å². The second-order valence-electron chi connectivity index (χ2n) is 3.09. The van der Waals surface area contributed by atoms with Crippen molar-refractivity contribution in [2.75, 3.05) is 5.73 Å². The van der Waals surface area contributed by atoms with Gasteiger partial charge in [0.05, 0.1) is 23.5 Å². The minimum absolute atomic E-state index is 0.0169. The fraction of sp³-hybridized carbons (Fsp3) is 0.200. The number of anilines is 1. The Hall–Kier alpha value is -1.48. The van der Waals surface area contributed by atoms with Crippen LogP contribution >= 0.6 is 0 Å². The maximum atomic E-state index is 9.10. The molecule has 0 spiro atoms. The lowest BCUT2D eigenvalue weighted by molar-refractivity contribution is 0.274. The molecule has 0 saturated heterocycles. The van der Waals surface area contributed by atoms with Gasteiger partial charge < -0.3 is 15.4 Å². The van der Waals surface area contributed by atoms with Crippen LogP contribution in [0.4, 0.5) is 5.69 Å². The Labute approximate surface area is 76.4 Å².